The van der Waals surface area contributed by atoms with E-state index in [0.29, 0.717) is 6.54 Å². The van der Waals surface area contributed by atoms with Crippen molar-refractivity contribution in [3.05, 3.63) is 45.7 Å². The minimum Gasteiger partial charge on any atom is -0.478 e. The first kappa shape index (κ1) is 13.8. The average Bonchev–Trinajstić information content (AvgIpc) is 3.02. The molecule has 0 spiro atoms. The second kappa shape index (κ2) is 5.29. The number of aromatic nitrogens is 3. The molecule has 0 aliphatic rings. The lowest BCUT2D eigenvalue weighted by Gasteiger charge is -2.06. The summed E-state index contributed by atoms with van der Waals surface area (Å²) in [5.74, 6) is 0.0215. The van der Waals surface area contributed by atoms with Crippen LogP contribution in [-0.4, -0.2) is 25.6 Å². The molecule has 0 radical (unpaired) electrons. The molecule has 0 bridgehead atoms. The van der Waals surface area contributed by atoms with Gasteiger partial charge >= 0.3 is 5.97 Å². The van der Waals surface area contributed by atoms with E-state index in [9.17, 15) is 4.79 Å². The second-order valence-electron chi connectivity index (χ2n) is 4.84. The zero-order chi connectivity index (χ0) is 15.0. The molecule has 0 fully saturated rings. The van der Waals surface area contributed by atoms with Crippen LogP contribution in [0.3, 0.4) is 0 Å². The van der Waals surface area contributed by atoms with Crippen LogP contribution in [0.4, 0.5) is 0 Å². The van der Waals surface area contributed by atoms with E-state index < -0.39 is 5.97 Å². The Balaban J connectivity index is 2.13. The molecule has 0 saturated carbocycles. The largest absolute Gasteiger partial charge is 0.478 e. The maximum atomic E-state index is 11.2. The molecule has 21 heavy (non-hydrogen) atoms. The van der Waals surface area contributed by atoms with Crippen molar-refractivity contribution in [2.45, 2.75) is 26.8 Å². The normalized spacial score (nSPS) is 11.1. The molecule has 108 valence electrons. The Morgan fingerprint density at radius 2 is 2.24 bits per heavy atom. The van der Waals surface area contributed by atoms with Crippen molar-refractivity contribution in [1.29, 1.82) is 0 Å². The molecule has 2 heterocycles. The van der Waals surface area contributed by atoms with Crippen LogP contribution in [0.15, 0.2) is 24.4 Å². The molecular formula is C15H15N3O2S. The van der Waals surface area contributed by atoms with E-state index in [2.05, 4.69) is 14.5 Å². The van der Waals surface area contributed by atoms with Crippen LogP contribution in [-0.2, 0) is 13.0 Å². The minimum absolute atomic E-state index is 0.279. The SMILES string of the molecule is CCc1nc2ccc(C(=O)O)cc2n1Cc1ncc(C)s1. The number of aryl methyl sites for hydroxylation is 2. The van der Waals surface area contributed by atoms with Gasteiger partial charge in [-0.3, -0.25) is 0 Å². The number of carboxylic acids is 1. The predicted molar refractivity (Wildman–Crippen MR) is 82.0 cm³/mol. The summed E-state index contributed by atoms with van der Waals surface area (Å²) in [6.45, 7) is 4.70. The molecule has 0 atom stereocenters. The first-order chi connectivity index (χ1) is 10.1. The van der Waals surface area contributed by atoms with Crippen molar-refractivity contribution in [3.63, 3.8) is 0 Å². The molecule has 5 nitrogen and oxygen atoms in total. The number of hydrogen-bond donors (Lipinski definition) is 1. The highest BCUT2D eigenvalue weighted by atomic mass is 32.1. The van der Waals surface area contributed by atoms with Crippen LogP contribution in [0.5, 0.6) is 0 Å². The molecule has 3 aromatic rings. The van der Waals surface area contributed by atoms with Gasteiger partial charge in [0.25, 0.3) is 0 Å². The first-order valence-corrected chi connectivity index (χ1v) is 7.54. The summed E-state index contributed by atoms with van der Waals surface area (Å²) >= 11 is 1.65. The van der Waals surface area contributed by atoms with Gasteiger partial charge in [0.1, 0.15) is 10.8 Å². The van der Waals surface area contributed by atoms with Crippen molar-refractivity contribution < 1.29 is 9.90 Å². The summed E-state index contributed by atoms with van der Waals surface area (Å²) in [5.41, 5.74) is 1.95. The van der Waals surface area contributed by atoms with Crippen LogP contribution in [0, 0.1) is 6.92 Å². The minimum atomic E-state index is -0.923. The molecule has 0 aliphatic carbocycles. The van der Waals surface area contributed by atoms with Crippen molar-refractivity contribution in [2.24, 2.45) is 0 Å². The Bertz CT molecular complexity index is 820. The van der Waals surface area contributed by atoms with Crippen LogP contribution in [0.25, 0.3) is 11.0 Å². The van der Waals surface area contributed by atoms with Crippen LogP contribution >= 0.6 is 11.3 Å². The van der Waals surface area contributed by atoms with Crippen LogP contribution in [0.1, 0.15) is 33.0 Å². The van der Waals surface area contributed by atoms with Gasteiger partial charge in [0.15, 0.2) is 0 Å². The van der Waals surface area contributed by atoms with E-state index in [-0.39, 0.29) is 5.56 Å². The Morgan fingerprint density at radius 1 is 1.43 bits per heavy atom. The number of benzene rings is 1. The highest BCUT2D eigenvalue weighted by Gasteiger charge is 2.13. The molecule has 2 aromatic heterocycles. The number of imidazole rings is 1. The Kier molecular flexibility index (Phi) is 3.47. The van der Waals surface area contributed by atoms with E-state index >= 15 is 0 Å². The molecule has 0 saturated heterocycles. The number of fused-ring (bicyclic) bond motifs is 1. The number of thiazole rings is 1. The molecule has 0 unspecified atom stereocenters. The zero-order valence-electron chi connectivity index (χ0n) is 11.8. The van der Waals surface area contributed by atoms with Gasteiger partial charge in [-0.15, -0.1) is 11.3 Å². The van der Waals surface area contributed by atoms with Crippen LogP contribution < -0.4 is 0 Å². The Morgan fingerprint density at radius 3 is 2.86 bits per heavy atom. The van der Waals surface area contributed by atoms with Gasteiger partial charge in [-0.05, 0) is 25.1 Å². The topological polar surface area (TPSA) is 68.0 Å². The van der Waals surface area contributed by atoms with E-state index in [4.69, 9.17) is 5.11 Å². The van der Waals surface area contributed by atoms with Crippen molar-refractivity contribution in [2.75, 3.05) is 0 Å². The third-order valence-electron chi connectivity index (χ3n) is 3.35. The summed E-state index contributed by atoms with van der Waals surface area (Å²) in [5, 5.41) is 10.2. The highest BCUT2D eigenvalue weighted by molar-refractivity contribution is 7.11. The predicted octanol–water partition coefficient (Wildman–Crippen LogP) is 3.11. The molecule has 0 amide bonds. The monoisotopic (exact) mass is 301 g/mol. The number of carbonyl (C=O) groups is 1. The number of nitrogens with zero attached hydrogens (tertiary/aromatic N) is 3. The Hall–Kier alpha value is -2.21. The van der Waals surface area contributed by atoms with E-state index in [0.717, 1.165) is 28.3 Å². The molecule has 1 N–H and O–H groups in total. The van der Waals surface area contributed by atoms with Crippen LogP contribution in [0.2, 0.25) is 0 Å². The smallest absolute Gasteiger partial charge is 0.335 e. The van der Waals surface area contributed by atoms with Crippen molar-refractivity contribution in [3.8, 4) is 0 Å². The quantitative estimate of drug-likeness (QED) is 0.804. The van der Waals surface area contributed by atoms with Gasteiger partial charge in [0, 0.05) is 17.5 Å². The fourth-order valence-electron chi connectivity index (χ4n) is 2.36. The van der Waals surface area contributed by atoms with Gasteiger partial charge < -0.3 is 9.67 Å². The Labute approximate surface area is 125 Å². The number of carboxylic acid groups (broad SMARTS) is 1. The molecule has 1 aromatic carbocycles. The van der Waals surface area contributed by atoms with Gasteiger partial charge in [-0.2, -0.15) is 0 Å². The standard InChI is InChI=1S/C15H15N3O2S/c1-3-13-17-11-5-4-10(15(19)20)6-12(11)18(13)8-14-16-7-9(2)21-14/h4-7H,3,8H2,1-2H3,(H,19,20). The lowest BCUT2D eigenvalue weighted by Crippen LogP contribution is -2.04. The van der Waals surface area contributed by atoms with Gasteiger partial charge in [0.05, 0.1) is 23.1 Å². The summed E-state index contributed by atoms with van der Waals surface area (Å²) in [6.07, 6.45) is 2.65. The van der Waals surface area contributed by atoms with E-state index in [1.165, 1.54) is 4.88 Å². The average molecular weight is 301 g/mol. The summed E-state index contributed by atoms with van der Waals surface area (Å²) < 4.78 is 2.06. The molecular weight excluding hydrogens is 286 g/mol. The third-order valence-corrected chi connectivity index (χ3v) is 4.25. The van der Waals surface area contributed by atoms with E-state index in [1.807, 2.05) is 20.0 Å². The fraction of sp³-hybridized carbons (Fsp3) is 0.267. The van der Waals surface area contributed by atoms with E-state index in [1.54, 1.807) is 29.5 Å². The summed E-state index contributed by atoms with van der Waals surface area (Å²) in [4.78, 5) is 21.3. The molecule has 0 aliphatic heterocycles. The summed E-state index contributed by atoms with van der Waals surface area (Å²) in [6, 6.07) is 5.04. The summed E-state index contributed by atoms with van der Waals surface area (Å²) in [7, 11) is 0. The highest BCUT2D eigenvalue weighted by Crippen LogP contribution is 2.22. The lowest BCUT2D eigenvalue weighted by molar-refractivity contribution is 0.0697. The molecule has 6 heteroatoms. The first-order valence-electron chi connectivity index (χ1n) is 6.72. The van der Waals surface area contributed by atoms with Crippen molar-refractivity contribution >= 4 is 28.3 Å². The second-order valence-corrected chi connectivity index (χ2v) is 6.16. The van der Waals surface area contributed by atoms with Gasteiger partial charge in [-0.1, -0.05) is 6.92 Å². The fourth-order valence-corrected chi connectivity index (χ4v) is 3.14. The van der Waals surface area contributed by atoms with Crippen molar-refractivity contribution in [1.82, 2.24) is 14.5 Å². The zero-order valence-corrected chi connectivity index (χ0v) is 12.6. The van der Waals surface area contributed by atoms with Gasteiger partial charge in [0.2, 0.25) is 0 Å². The maximum Gasteiger partial charge on any atom is 0.335 e. The number of aromatic carboxylic acids is 1. The number of hydrogen-bond acceptors (Lipinski definition) is 4. The third kappa shape index (κ3) is 2.54. The maximum absolute atomic E-state index is 11.2. The lowest BCUT2D eigenvalue weighted by atomic mass is 10.2. The number of rotatable bonds is 4. The van der Waals surface area contributed by atoms with Gasteiger partial charge in [-0.25, -0.2) is 14.8 Å². The molecule has 3 rings (SSSR count).